The largest absolute Gasteiger partial charge is 0.501 e. The number of rotatable bonds is 5. The quantitative estimate of drug-likeness (QED) is 0.348. The summed E-state index contributed by atoms with van der Waals surface area (Å²) in [5, 5.41) is 19.9. The van der Waals surface area contributed by atoms with Gasteiger partial charge in [0, 0.05) is 45.3 Å². The monoisotopic (exact) mass is 621 g/mol. The van der Waals surface area contributed by atoms with Crippen LogP contribution >= 0.6 is 0 Å². The van der Waals surface area contributed by atoms with Crippen molar-refractivity contribution in [1.29, 1.82) is 0 Å². The summed E-state index contributed by atoms with van der Waals surface area (Å²) in [7, 11) is 0. The van der Waals surface area contributed by atoms with Gasteiger partial charge < -0.3 is 30.1 Å². The molecule has 14 nitrogen and oxygen atoms in total. The van der Waals surface area contributed by atoms with Crippen LogP contribution in [-0.2, 0) is 28.2 Å². The minimum Gasteiger partial charge on any atom is -0.501 e. The number of piperazine rings is 1. The number of carbonyl (C=O) groups excluding carboxylic acids is 4. The average Bonchev–Trinajstić information content (AvgIpc) is 3.35. The van der Waals surface area contributed by atoms with E-state index in [0.717, 1.165) is 0 Å². The SMILES string of the molecule is Cc1cc(C(=O)N2CCN(C(=O)C(=O)NC34CCC(CC3)Cn3c4nc(C(=O)NCc4ccc(F)cc4)c(O)c3=O)CC2)no1. The van der Waals surface area contributed by atoms with Crippen molar-refractivity contribution in [2.24, 2.45) is 5.92 Å². The van der Waals surface area contributed by atoms with E-state index in [9.17, 15) is 33.5 Å². The molecule has 3 N–H and O–H groups in total. The zero-order valence-electron chi connectivity index (χ0n) is 24.5. The van der Waals surface area contributed by atoms with E-state index in [4.69, 9.17) is 4.52 Å². The van der Waals surface area contributed by atoms with E-state index in [1.165, 1.54) is 44.7 Å². The third-order valence-corrected chi connectivity index (χ3v) is 8.80. The van der Waals surface area contributed by atoms with Crippen molar-refractivity contribution in [3.05, 3.63) is 75.0 Å². The van der Waals surface area contributed by atoms with Crippen molar-refractivity contribution in [2.45, 2.75) is 51.2 Å². The van der Waals surface area contributed by atoms with E-state index in [1.54, 1.807) is 6.92 Å². The molecule has 236 valence electrons. The van der Waals surface area contributed by atoms with Crippen LogP contribution in [0.4, 0.5) is 4.39 Å². The van der Waals surface area contributed by atoms with Gasteiger partial charge >= 0.3 is 11.8 Å². The van der Waals surface area contributed by atoms with Crippen LogP contribution in [0.2, 0.25) is 0 Å². The maximum absolute atomic E-state index is 13.4. The molecule has 4 aliphatic rings. The summed E-state index contributed by atoms with van der Waals surface area (Å²) in [6.07, 6.45) is 2.02. The van der Waals surface area contributed by atoms with E-state index in [0.29, 0.717) is 37.0 Å². The van der Waals surface area contributed by atoms with Crippen molar-refractivity contribution in [3.8, 4) is 5.75 Å². The number of hydrogen-bond acceptors (Lipinski definition) is 9. The minimum absolute atomic E-state index is 0.00576. The predicted octanol–water partition coefficient (Wildman–Crippen LogP) is 0.814. The van der Waals surface area contributed by atoms with Gasteiger partial charge in [0.2, 0.25) is 5.75 Å². The van der Waals surface area contributed by atoms with Crippen LogP contribution in [0.5, 0.6) is 5.75 Å². The molecule has 45 heavy (non-hydrogen) atoms. The molecule has 2 aromatic heterocycles. The first-order chi connectivity index (χ1) is 21.5. The molecule has 0 atom stereocenters. The molecule has 4 amide bonds. The lowest BCUT2D eigenvalue weighted by molar-refractivity contribution is -0.148. The Morgan fingerprint density at radius 2 is 1.73 bits per heavy atom. The molecule has 1 saturated carbocycles. The third-order valence-electron chi connectivity index (χ3n) is 8.80. The Labute approximate surface area is 256 Å². The fourth-order valence-corrected chi connectivity index (χ4v) is 6.28. The molecule has 1 aliphatic carbocycles. The molecule has 0 spiro atoms. The van der Waals surface area contributed by atoms with Crippen molar-refractivity contribution in [2.75, 3.05) is 26.2 Å². The molecule has 3 aliphatic heterocycles. The molecule has 3 aromatic rings. The Morgan fingerprint density at radius 1 is 1.07 bits per heavy atom. The first-order valence-corrected chi connectivity index (χ1v) is 14.8. The van der Waals surface area contributed by atoms with Gasteiger partial charge in [-0.05, 0) is 56.2 Å². The van der Waals surface area contributed by atoms with Gasteiger partial charge in [0.25, 0.3) is 17.4 Å². The van der Waals surface area contributed by atoms with Gasteiger partial charge in [0.05, 0.1) is 5.54 Å². The van der Waals surface area contributed by atoms with Gasteiger partial charge in [-0.2, -0.15) is 0 Å². The van der Waals surface area contributed by atoms with Crippen molar-refractivity contribution in [3.63, 3.8) is 0 Å². The van der Waals surface area contributed by atoms with Crippen LogP contribution < -0.4 is 16.2 Å². The molecule has 2 fully saturated rings. The number of aryl methyl sites for hydroxylation is 1. The Bertz CT molecular complexity index is 1720. The van der Waals surface area contributed by atoms with E-state index in [-0.39, 0.29) is 62.6 Å². The lowest BCUT2D eigenvalue weighted by Gasteiger charge is -2.38. The van der Waals surface area contributed by atoms with Crippen LogP contribution in [0, 0.1) is 18.7 Å². The molecule has 1 saturated heterocycles. The van der Waals surface area contributed by atoms with E-state index in [2.05, 4.69) is 20.8 Å². The maximum atomic E-state index is 13.4. The van der Waals surface area contributed by atoms with E-state index in [1.807, 2.05) is 0 Å². The number of fused-ring (bicyclic) bond motifs is 2. The number of carbonyl (C=O) groups is 4. The molecule has 0 radical (unpaired) electrons. The number of hydrogen-bond donors (Lipinski definition) is 3. The van der Waals surface area contributed by atoms with Crippen molar-refractivity contribution in [1.82, 2.24) is 35.1 Å². The summed E-state index contributed by atoms with van der Waals surface area (Å²) in [6.45, 7) is 2.58. The fourth-order valence-electron chi connectivity index (χ4n) is 6.28. The lowest BCUT2D eigenvalue weighted by Crippen LogP contribution is -2.57. The molecule has 0 unspecified atom stereocenters. The number of halogens is 1. The fraction of sp³-hybridized carbons (Fsp3) is 0.433. The Hall–Kier alpha value is -5.08. The highest BCUT2D eigenvalue weighted by Gasteiger charge is 2.47. The number of aromatic hydroxyl groups is 1. The Balaban J connectivity index is 1.19. The Kier molecular flexibility index (Phi) is 7.85. The minimum atomic E-state index is -1.22. The second-order valence-corrected chi connectivity index (χ2v) is 11.7. The van der Waals surface area contributed by atoms with Crippen molar-refractivity contribution >= 4 is 23.6 Å². The highest BCUT2D eigenvalue weighted by Crippen LogP contribution is 2.43. The molecule has 15 heteroatoms. The van der Waals surface area contributed by atoms with Crippen LogP contribution in [0.25, 0.3) is 0 Å². The van der Waals surface area contributed by atoms with Crippen LogP contribution in [0.3, 0.4) is 0 Å². The van der Waals surface area contributed by atoms with E-state index < -0.39 is 46.1 Å². The van der Waals surface area contributed by atoms with Crippen molar-refractivity contribution < 1.29 is 33.2 Å². The van der Waals surface area contributed by atoms with Gasteiger partial charge in [-0.1, -0.05) is 17.3 Å². The smallest absolute Gasteiger partial charge is 0.312 e. The highest BCUT2D eigenvalue weighted by molar-refractivity contribution is 6.35. The van der Waals surface area contributed by atoms with Gasteiger partial charge in [0.1, 0.15) is 17.4 Å². The highest BCUT2D eigenvalue weighted by atomic mass is 19.1. The summed E-state index contributed by atoms with van der Waals surface area (Å²) in [6, 6.07) is 7.00. The maximum Gasteiger partial charge on any atom is 0.312 e. The zero-order chi connectivity index (χ0) is 31.9. The van der Waals surface area contributed by atoms with Crippen LogP contribution in [0.15, 0.2) is 39.6 Å². The number of amides is 4. The predicted molar refractivity (Wildman–Crippen MR) is 153 cm³/mol. The second kappa shape index (κ2) is 11.8. The molecule has 5 heterocycles. The number of nitrogens with one attached hydrogen (secondary N) is 2. The van der Waals surface area contributed by atoms with E-state index >= 15 is 0 Å². The topological polar surface area (TPSA) is 180 Å². The zero-order valence-corrected chi connectivity index (χ0v) is 24.5. The van der Waals surface area contributed by atoms with Crippen LogP contribution in [-0.4, -0.2) is 79.4 Å². The normalized spacial score (nSPS) is 20.7. The summed E-state index contributed by atoms with van der Waals surface area (Å²) < 4.78 is 19.5. The average molecular weight is 622 g/mol. The van der Waals surface area contributed by atoms with Crippen LogP contribution in [0.1, 0.15) is 63.8 Å². The number of aromatic nitrogens is 3. The molecule has 1 aromatic carbocycles. The molecular formula is C30H32FN7O7. The lowest BCUT2D eigenvalue weighted by atomic mass is 9.77. The number of nitrogens with zero attached hydrogens (tertiary/aromatic N) is 5. The molecular weight excluding hydrogens is 589 g/mol. The van der Waals surface area contributed by atoms with Gasteiger partial charge in [-0.15, -0.1) is 0 Å². The standard InChI is InChI=1S/C30H32FN7O7/c1-17-14-21(35-45-17)26(42)36-10-12-37(13-11-36)28(44)25(41)34-30-8-6-19(7-9-30)16-38-27(43)23(39)22(33-29(30)38)24(40)32-15-18-2-4-20(31)5-3-18/h2-5,14,19,39H,6-13,15-16H2,1H3,(H,32,40)(H,34,41). The third kappa shape index (κ3) is 5.77. The Morgan fingerprint density at radius 3 is 2.38 bits per heavy atom. The van der Waals surface area contributed by atoms with Gasteiger partial charge in [-0.3, -0.25) is 28.5 Å². The van der Waals surface area contributed by atoms with Gasteiger partial charge in [-0.25, -0.2) is 9.37 Å². The first kappa shape index (κ1) is 30.0. The summed E-state index contributed by atoms with van der Waals surface area (Å²) in [5.41, 5.74) is -1.77. The summed E-state index contributed by atoms with van der Waals surface area (Å²) >= 11 is 0. The summed E-state index contributed by atoms with van der Waals surface area (Å²) in [5.74, 6) is -3.37. The molecule has 7 rings (SSSR count). The second-order valence-electron chi connectivity index (χ2n) is 11.7. The molecule has 2 bridgehead atoms. The van der Waals surface area contributed by atoms with Gasteiger partial charge in [0.15, 0.2) is 11.4 Å². The first-order valence-electron chi connectivity index (χ1n) is 14.8. The summed E-state index contributed by atoms with van der Waals surface area (Å²) in [4.78, 5) is 73.2. The number of benzene rings is 1.